The molecule has 19 heavy (non-hydrogen) atoms. The molecule has 0 amide bonds. The predicted molar refractivity (Wildman–Crippen MR) is 85.1 cm³/mol. The number of rotatable bonds is 4. The Kier molecular flexibility index (Phi) is 4.74. The Balaban J connectivity index is 2.23. The molecule has 1 aromatic heterocycles. The van der Waals surface area contributed by atoms with E-state index in [2.05, 4.69) is 60.7 Å². The highest BCUT2D eigenvalue weighted by atomic mass is 32.2. The summed E-state index contributed by atoms with van der Waals surface area (Å²) in [5.41, 5.74) is 3.78. The number of thioether (sulfide) groups is 1. The van der Waals surface area contributed by atoms with Crippen LogP contribution >= 0.6 is 11.8 Å². The molecule has 106 valence electrons. The van der Waals surface area contributed by atoms with Gasteiger partial charge in [-0.05, 0) is 33.4 Å². The van der Waals surface area contributed by atoms with Crippen molar-refractivity contribution in [3.05, 3.63) is 23.5 Å². The van der Waals surface area contributed by atoms with Gasteiger partial charge in [-0.25, -0.2) is 0 Å². The molecule has 1 aliphatic heterocycles. The minimum atomic E-state index is 0.338. The van der Waals surface area contributed by atoms with Crippen LogP contribution in [0.3, 0.4) is 0 Å². The van der Waals surface area contributed by atoms with E-state index in [-0.39, 0.29) is 0 Å². The molecule has 1 aromatic rings. The zero-order chi connectivity index (χ0) is 13.9. The van der Waals surface area contributed by atoms with Crippen molar-refractivity contribution in [2.75, 3.05) is 30.3 Å². The standard InChI is InChI=1S/C15H25N3S/c1-5-16-9-13-10-17-12(2)8-14(13)18-6-7-19-15(3,4)11-18/h8,10,16H,5-7,9,11H2,1-4H3. The molecule has 0 aromatic carbocycles. The van der Waals surface area contributed by atoms with E-state index in [9.17, 15) is 0 Å². The molecule has 2 heterocycles. The third kappa shape index (κ3) is 3.86. The number of hydrogen-bond donors (Lipinski definition) is 1. The molecular formula is C15H25N3S. The zero-order valence-electron chi connectivity index (χ0n) is 12.5. The second-order valence-corrected chi connectivity index (χ2v) is 7.57. The van der Waals surface area contributed by atoms with Crippen molar-refractivity contribution in [3.8, 4) is 0 Å². The van der Waals surface area contributed by atoms with Crippen molar-refractivity contribution in [1.29, 1.82) is 0 Å². The summed E-state index contributed by atoms with van der Waals surface area (Å²) in [6.45, 7) is 13.0. The van der Waals surface area contributed by atoms with Gasteiger partial charge in [0.15, 0.2) is 0 Å². The third-order valence-electron chi connectivity index (χ3n) is 3.43. The molecule has 1 N–H and O–H groups in total. The van der Waals surface area contributed by atoms with Gasteiger partial charge in [-0.15, -0.1) is 0 Å². The molecule has 3 nitrogen and oxygen atoms in total. The molecule has 0 aliphatic carbocycles. The first-order valence-electron chi connectivity index (χ1n) is 7.07. The zero-order valence-corrected chi connectivity index (χ0v) is 13.3. The van der Waals surface area contributed by atoms with Crippen molar-refractivity contribution in [2.45, 2.75) is 39.0 Å². The van der Waals surface area contributed by atoms with Crippen LogP contribution in [-0.2, 0) is 6.54 Å². The van der Waals surface area contributed by atoms with Gasteiger partial charge in [-0.2, -0.15) is 11.8 Å². The van der Waals surface area contributed by atoms with Gasteiger partial charge in [0.2, 0.25) is 0 Å². The highest BCUT2D eigenvalue weighted by Crippen LogP contribution is 2.33. The fourth-order valence-electron chi connectivity index (χ4n) is 2.49. The molecule has 0 bridgehead atoms. The minimum absolute atomic E-state index is 0.338. The van der Waals surface area contributed by atoms with E-state index < -0.39 is 0 Å². The molecule has 4 heteroatoms. The molecule has 0 saturated carbocycles. The average Bonchev–Trinajstić information content (AvgIpc) is 2.36. The van der Waals surface area contributed by atoms with Crippen molar-refractivity contribution in [3.63, 3.8) is 0 Å². The van der Waals surface area contributed by atoms with Crippen LogP contribution in [0.15, 0.2) is 12.3 Å². The molecule has 1 saturated heterocycles. The van der Waals surface area contributed by atoms with Crippen LogP contribution in [0.2, 0.25) is 0 Å². The second-order valence-electron chi connectivity index (χ2n) is 5.76. The number of nitrogens with zero attached hydrogens (tertiary/aromatic N) is 2. The first kappa shape index (κ1) is 14.7. The fourth-order valence-corrected chi connectivity index (χ4v) is 3.60. The van der Waals surface area contributed by atoms with E-state index in [1.165, 1.54) is 17.0 Å². The van der Waals surface area contributed by atoms with Gasteiger partial charge >= 0.3 is 0 Å². The van der Waals surface area contributed by atoms with Crippen LogP contribution in [0.25, 0.3) is 0 Å². The Morgan fingerprint density at radius 3 is 2.95 bits per heavy atom. The number of nitrogens with one attached hydrogen (secondary N) is 1. The van der Waals surface area contributed by atoms with Gasteiger partial charge < -0.3 is 10.2 Å². The summed E-state index contributed by atoms with van der Waals surface area (Å²) >= 11 is 2.07. The second kappa shape index (κ2) is 6.14. The van der Waals surface area contributed by atoms with E-state index in [0.29, 0.717) is 4.75 Å². The average molecular weight is 279 g/mol. The number of anilines is 1. The van der Waals surface area contributed by atoms with Crippen LogP contribution in [-0.4, -0.2) is 35.1 Å². The van der Waals surface area contributed by atoms with Gasteiger partial charge in [-0.1, -0.05) is 6.92 Å². The monoisotopic (exact) mass is 279 g/mol. The van der Waals surface area contributed by atoms with E-state index >= 15 is 0 Å². The lowest BCUT2D eigenvalue weighted by molar-refractivity contribution is 0.640. The SMILES string of the molecule is CCNCc1cnc(C)cc1N1CCSC(C)(C)C1. The van der Waals surface area contributed by atoms with Gasteiger partial charge in [0, 0.05) is 53.3 Å². The van der Waals surface area contributed by atoms with Crippen molar-refractivity contribution < 1.29 is 0 Å². The highest BCUT2D eigenvalue weighted by Gasteiger charge is 2.28. The maximum atomic E-state index is 4.45. The molecule has 1 aliphatic rings. The normalized spacial score (nSPS) is 18.6. The molecule has 0 unspecified atom stereocenters. The summed E-state index contributed by atoms with van der Waals surface area (Å²) < 4.78 is 0.338. The fraction of sp³-hybridized carbons (Fsp3) is 0.667. The maximum Gasteiger partial charge on any atom is 0.0446 e. The minimum Gasteiger partial charge on any atom is -0.369 e. The van der Waals surface area contributed by atoms with Crippen LogP contribution in [0.1, 0.15) is 32.0 Å². The van der Waals surface area contributed by atoms with Crippen molar-refractivity contribution >= 4 is 17.4 Å². The largest absolute Gasteiger partial charge is 0.369 e. The molecule has 0 atom stereocenters. The first-order chi connectivity index (χ1) is 9.02. The molecule has 1 fully saturated rings. The Morgan fingerprint density at radius 1 is 1.47 bits per heavy atom. The van der Waals surface area contributed by atoms with Crippen molar-refractivity contribution in [1.82, 2.24) is 10.3 Å². The lowest BCUT2D eigenvalue weighted by Crippen LogP contribution is -2.43. The van der Waals surface area contributed by atoms with Gasteiger partial charge in [0.1, 0.15) is 0 Å². The van der Waals surface area contributed by atoms with Gasteiger partial charge in [0.25, 0.3) is 0 Å². The van der Waals surface area contributed by atoms with Gasteiger partial charge in [-0.3, -0.25) is 4.98 Å². The quantitative estimate of drug-likeness (QED) is 0.917. The first-order valence-corrected chi connectivity index (χ1v) is 8.05. The topological polar surface area (TPSA) is 28.2 Å². The number of hydrogen-bond acceptors (Lipinski definition) is 4. The van der Waals surface area contributed by atoms with E-state index in [0.717, 1.165) is 31.9 Å². The smallest absolute Gasteiger partial charge is 0.0446 e. The number of aromatic nitrogens is 1. The van der Waals surface area contributed by atoms with E-state index in [4.69, 9.17) is 0 Å². The van der Waals surface area contributed by atoms with E-state index in [1.807, 2.05) is 6.20 Å². The van der Waals surface area contributed by atoms with Crippen LogP contribution in [0, 0.1) is 6.92 Å². The molecular weight excluding hydrogens is 254 g/mol. The van der Waals surface area contributed by atoms with Gasteiger partial charge in [0.05, 0.1) is 0 Å². The summed E-state index contributed by atoms with van der Waals surface area (Å²) in [5, 5.41) is 3.41. The lowest BCUT2D eigenvalue weighted by Gasteiger charge is -2.39. The maximum absolute atomic E-state index is 4.45. The lowest BCUT2D eigenvalue weighted by atomic mass is 10.1. The van der Waals surface area contributed by atoms with Crippen LogP contribution in [0.5, 0.6) is 0 Å². The Morgan fingerprint density at radius 2 is 2.26 bits per heavy atom. The Hall–Kier alpha value is -0.740. The summed E-state index contributed by atoms with van der Waals surface area (Å²) in [6.07, 6.45) is 2.03. The Labute approximate surface area is 121 Å². The number of aryl methyl sites for hydroxylation is 1. The highest BCUT2D eigenvalue weighted by molar-refractivity contribution is 8.00. The summed E-state index contributed by atoms with van der Waals surface area (Å²) in [5.74, 6) is 1.20. The predicted octanol–water partition coefficient (Wildman–Crippen LogP) is 2.83. The third-order valence-corrected chi connectivity index (χ3v) is 4.73. The van der Waals surface area contributed by atoms with Crippen LogP contribution < -0.4 is 10.2 Å². The van der Waals surface area contributed by atoms with Crippen LogP contribution in [0.4, 0.5) is 5.69 Å². The molecule has 0 spiro atoms. The summed E-state index contributed by atoms with van der Waals surface area (Å²) in [4.78, 5) is 6.98. The van der Waals surface area contributed by atoms with Crippen molar-refractivity contribution in [2.24, 2.45) is 0 Å². The molecule has 2 rings (SSSR count). The Bertz CT molecular complexity index is 431. The summed E-state index contributed by atoms with van der Waals surface area (Å²) in [6, 6.07) is 2.23. The van der Waals surface area contributed by atoms with E-state index in [1.54, 1.807) is 0 Å². The molecule has 0 radical (unpaired) electrons. The summed E-state index contributed by atoms with van der Waals surface area (Å²) in [7, 11) is 0. The number of pyridine rings is 1.